The van der Waals surface area contributed by atoms with Gasteiger partial charge in [0.1, 0.15) is 12.2 Å². The molecule has 0 saturated carbocycles. The number of ether oxygens (including phenoxy) is 2. The zero-order valence-electron chi connectivity index (χ0n) is 17.7. The number of carbonyl (C=O) groups is 2. The van der Waals surface area contributed by atoms with Crippen molar-refractivity contribution >= 4 is 12.2 Å². The van der Waals surface area contributed by atoms with Gasteiger partial charge in [0.2, 0.25) is 0 Å². The summed E-state index contributed by atoms with van der Waals surface area (Å²) in [5.41, 5.74) is 6.07. The van der Waals surface area contributed by atoms with Gasteiger partial charge in [-0.15, -0.1) is 0 Å². The van der Waals surface area contributed by atoms with Gasteiger partial charge in [-0.3, -0.25) is 4.90 Å². The first-order valence-corrected chi connectivity index (χ1v) is 10.4. The highest BCUT2D eigenvalue weighted by molar-refractivity contribution is 5.71. The third-order valence-electron chi connectivity index (χ3n) is 5.84. The molecule has 0 radical (unpaired) electrons. The highest BCUT2D eigenvalue weighted by atomic mass is 16.6. The van der Waals surface area contributed by atoms with Crippen LogP contribution in [0.15, 0.2) is 30.3 Å². The molecule has 7 nitrogen and oxygen atoms in total. The molecule has 3 rings (SSSR count). The molecule has 2 heterocycles. The number of likely N-dealkylation sites (tertiary alicyclic amines) is 2. The van der Waals surface area contributed by atoms with Crippen LogP contribution in [-0.4, -0.2) is 58.8 Å². The minimum absolute atomic E-state index is 0.0126. The van der Waals surface area contributed by atoms with Gasteiger partial charge in [-0.05, 0) is 52.0 Å². The second-order valence-electron chi connectivity index (χ2n) is 9.03. The molecule has 7 heteroatoms. The monoisotopic (exact) mass is 403 g/mol. The van der Waals surface area contributed by atoms with Gasteiger partial charge in [0.05, 0.1) is 5.54 Å². The number of carbonyl (C=O) groups excluding carboxylic acids is 2. The van der Waals surface area contributed by atoms with Crippen molar-refractivity contribution in [3.05, 3.63) is 35.9 Å². The summed E-state index contributed by atoms with van der Waals surface area (Å²) in [6, 6.07) is 9.63. The molecule has 0 aromatic heterocycles. The Balaban J connectivity index is 1.60. The Labute approximate surface area is 173 Å². The predicted octanol–water partition coefficient (Wildman–Crippen LogP) is 3.52. The summed E-state index contributed by atoms with van der Waals surface area (Å²) >= 11 is 0. The molecule has 2 amide bonds. The normalized spacial score (nSPS) is 21.3. The van der Waals surface area contributed by atoms with Gasteiger partial charge in [-0.2, -0.15) is 0 Å². The van der Waals surface area contributed by atoms with Crippen molar-refractivity contribution < 1.29 is 19.1 Å². The fourth-order valence-electron chi connectivity index (χ4n) is 4.36. The lowest BCUT2D eigenvalue weighted by Crippen LogP contribution is -2.58. The zero-order chi connectivity index (χ0) is 21.1. The standard InChI is InChI=1S/C22H33N3O4/c1-21(2,3)29-20(27)25-18(15-23)9-10-22(25)11-13-24(14-12-22)19(26)28-16-17-7-5-4-6-8-17/h4-8,18H,9-16,23H2,1-3H3. The Kier molecular flexibility index (Phi) is 6.36. The van der Waals surface area contributed by atoms with Crippen LogP contribution in [0.4, 0.5) is 9.59 Å². The maximum Gasteiger partial charge on any atom is 0.411 e. The summed E-state index contributed by atoms with van der Waals surface area (Å²) in [6.45, 7) is 7.42. The maximum absolute atomic E-state index is 12.9. The van der Waals surface area contributed by atoms with E-state index in [1.54, 1.807) is 4.90 Å². The molecule has 2 saturated heterocycles. The molecule has 160 valence electrons. The van der Waals surface area contributed by atoms with Crippen molar-refractivity contribution in [2.45, 2.75) is 70.2 Å². The first kappa shape index (κ1) is 21.4. The van der Waals surface area contributed by atoms with Gasteiger partial charge in [-0.25, -0.2) is 9.59 Å². The lowest BCUT2D eigenvalue weighted by molar-refractivity contribution is -0.0167. The molecular formula is C22H33N3O4. The summed E-state index contributed by atoms with van der Waals surface area (Å²) in [5, 5.41) is 0. The van der Waals surface area contributed by atoms with Crippen molar-refractivity contribution in [3.63, 3.8) is 0 Å². The van der Waals surface area contributed by atoms with Crippen molar-refractivity contribution in [2.75, 3.05) is 19.6 Å². The number of benzene rings is 1. The number of nitrogens with two attached hydrogens (primary N) is 1. The second-order valence-corrected chi connectivity index (χ2v) is 9.03. The van der Waals surface area contributed by atoms with E-state index in [9.17, 15) is 9.59 Å². The van der Waals surface area contributed by atoms with E-state index in [0.29, 0.717) is 32.5 Å². The van der Waals surface area contributed by atoms with Crippen LogP contribution in [0.2, 0.25) is 0 Å². The molecule has 1 unspecified atom stereocenters. The number of hydrogen-bond donors (Lipinski definition) is 1. The molecule has 1 atom stereocenters. The Morgan fingerprint density at radius 3 is 2.34 bits per heavy atom. The van der Waals surface area contributed by atoms with Crippen LogP contribution in [0, 0.1) is 0 Å². The van der Waals surface area contributed by atoms with Gasteiger partial charge >= 0.3 is 12.2 Å². The second kappa shape index (κ2) is 8.61. The lowest BCUT2D eigenvalue weighted by Gasteiger charge is -2.46. The molecule has 0 aliphatic carbocycles. The average Bonchev–Trinajstić information content (AvgIpc) is 3.04. The minimum Gasteiger partial charge on any atom is -0.445 e. The summed E-state index contributed by atoms with van der Waals surface area (Å²) in [7, 11) is 0. The molecule has 2 aliphatic rings. The van der Waals surface area contributed by atoms with Gasteiger partial charge < -0.3 is 20.1 Å². The minimum atomic E-state index is -0.554. The maximum atomic E-state index is 12.9. The van der Waals surface area contributed by atoms with Crippen LogP contribution in [0.3, 0.4) is 0 Å². The van der Waals surface area contributed by atoms with Crippen LogP contribution >= 0.6 is 0 Å². The largest absolute Gasteiger partial charge is 0.445 e. The quantitative estimate of drug-likeness (QED) is 0.835. The molecule has 2 fully saturated rings. The summed E-state index contributed by atoms with van der Waals surface area (Å²) in [6.07, 6.45) is 2.58. The highest BCUT2D eigenvalue weighted by Gasteiger charge is 2.51. The van der Waals surface area contributed by atoms with Gasteiger partial charge in [0.15, 0.2) is 0 Å². The summed E-state index contributed by atoms with van der Waals surface area (Å²) in [5.74, 6) is 0. The number of amides is 2. The molecule has 2 N–H and O–H groups in total. The van der Waals surface area contributed by atoms with Crippen molar-refractivity contribution in [1.82, 2.24) is 9.80 Å². The van der Waals surface area contributed by atoms with E-state index in [4.69, 9.17) is 15.2 Å². The fourth-order valence-corrected chi connectivity index (χ4v) is 4.36. The van der Waals surface area contributed by atoms with Gasteiger partial charge in [0, 0.05) is 25.7 Å². The van der Waals surface area contributed by atoms with Gasteiger partial charge in [-0.1, -0.05) is 30.3 Å². The van der Waals surface area contributed by atoms with E-state index < -0.39 is 5.60 Å². The molecule has 29 heavy (non-hydrogen) atoms. The van der Waals surface area contributed by atoms with Crippen LogP contribution in [0.1, 0.15) is 52.0 Å². The zero-order valence-corrected chi connectivity index (χ0v) is 17.7. The van der Waals surface area contributed by atoms with Crippen molar-refractivity contribution in [3.8, 4) is 0 Å². The van der Waals surface area contributed by atoms with Gasteiger partial charge in [0.25, 0.3) is 0 Å². The Morgan fingerprint density at radius 1 is 1.10 bits per heavy atom. The molecule has 1 aromatic carbocycles. The summed E-state index contributed by atoms with van der Waals surface area (Å²) < 4.78 is 11.1. The predicted molar refractivity (Wildman–Crippen MR) is 110 cm³/mol. The van der Waals surface area contributed by atoms with Crippen LogP contribution in [-0.2, 0) is 16.1 Å². The molecule has 1 spiro atoms. The van der Waals surface area contributed by atoms with Crippen LogP contribution in [0.5, 0.6) is 0 Å². The molecule has 2 aliphatic heterocycles. The topological polar surface area (TPSA) is 85.1 Å². The highest BCUT2D eigenvalue weighted by Crippen LogP contribution is 2.42. The number of hydrogen-bond acceptors (Lipinski definition) is 5. The van der Waals surface area contributed by atoms with E-state index in [1.165, 1.54) is 0 Å². The van der Waals surface area contributed by atoms with Crippen LogP contribution < -0.4 is 5.73 Å². The van der Waals surface area contributed by atoms with E-state index >= 15 is 0 Å². The van der Waals surface area contributed by atoms with E-state index in [0.717, 1.165) is 18.4 Å². The smallest absolute Gasteiger partial charge is 0.411 e. The number of piperidine rings is 1. The Morgan fingerprint density at radius 2 is 1.76 bits per heavy atom. The summed E-state index contributed by atoms with van der Waals surface area (Å²) in [4.78, 5) is 29.0. The first-order chi connectivity index (χ1) is 13.7. The molecular weight excluding hydrogens is 370 g/mol. The molecule has 1 aromatic rings. The van der Waals surface area contributed by atoms with E-state index in [2.05, 4.69) is 0 Å². The Hall–Kier alpha value is -2.28. The Bertz CT molecular complexity index is 709. The number of rotatable bonds is 3. The third kappa shape index (κ3) is 5.01. The SMILES string of the molecule is CC(C)(C)OC(=O)N1C(CN)CCC12CCN(C(=O)OCc1ccccc1)CC2. The van der Waals surface area contributed by atoms with E-state index in [1.807, 2.05) is 56.0 Å². The van der Waals surface area contributed by atoms with Crippen molar-refractivity contribution in [1.29, 1.82) is 0 Å². The lowest BCUT2D eigenvalue weighted by atomic mass is 9.85. The van der Waals surface area contributed by atoms with Crippen molar-refractivity contribution in [2.24, 2.45) is 5.73 Å². The third-order valence-corrected chi connectivity index (χ3v) is 5.84. The fraction of sp³-hybridized carbons (Fsp3) is 0.636. The first-order valence-electron chi connectivity index (χ1n) is 10.4. The van der Waals surface area contributed by atoms with E-state index in [-0.39, 0.29) is 30.4 Å². The molecule has 0 bridgehead atoms. The van der Waals surface area contributed by atoms with Crippen LogP contribution in [0.25, 0.3) is 0 Å². The number of nitrogens with zero attached hydrogens (tertiary/aromatic N) is 2. The average molecular weight is 404 g/mol.